The summed E-state index contributed by atoms with van der Waals surface area (Å²) in [5.74, 6) is 0. The van der Waals surface area contributed by atoms with Crippen LogP contribution in [-0.4, -0.2) is 21.8 Å². The lowest BCUT2D eigenvalue weighted by atomic mass is 10.1. The Hall–Kier alpha value is -0.643. The smallest absolute Gasteiger partial charge is 0.342 e. The van der Waals surface area contributed by atoms with Crippen molar-refractivity contribution in [2.75, 3.05) is 13.2 Å². The van der Waals surface area contributed by atoms with Crippen molar-refractivity contribution in [3.8, 4) is 0 Å². The average molecular weight is 252 g/mol. The summed E-state index contributed by atoms with van der Waals surface area (Å²) in [6.07, 6.45) is 1.06. The van der Waals surface area contributed by atoms with Crippen LogP contribution in [0.25, 0.3) is 0 Å². The first-order valence-corrected chi connectivity index (χ1v) is 8.90. The summed E-state index contributed by atoms with van der Waals surface area (Å²) in [5.41, 5.74) is 1.75. The van der Waals surface area contributed by atoms with Crippen LogP contribution in [0.2, 0.25) is 6.55 Å². The third kappa shape index (κ3) is 3.66. The van der Waals surface area contributed by atoms with Gasteiger partial charge in [0.05, 0.1) is 0 Å². The van der Waals surface area contributed by atoms with E-state index in [-0.39, 0.29) is 0 Å². The lowest BCUT2D eigenvalue weighted by Crippen LogP contribution is -2.45. The zero-order valence-corrected chi connectivity index (χ0v) is 12.4. The molecule has 3 heteroatoms. The van der Waals surface area contributed by atoms with E-state index in [0.29, 0.717) is 5.54 Å². The van der Waals surface area contributed by atoms with E-state index in [9.17, 15) is 0 Å². The largest absolute Gasteiger partial charge is 0.394 e. The molecule has 1 aromatic rings. The normalized spacial score (nSPS) is 13.6. The van der Waals surface area contributed by atoms with E-state index in [1.807, 2.05) is 13.8 Å². The highest BCUT2D eigenvalue weighted by atomic mass is 28.4. The second-order valence-electron chi connectivity index (χ2n) is 4.25. The fourth-order valence-corrected chi connectivity index (χ4v) is 5.58. The van der Waals surface area contributed by atoms with Gasteiger partial charge in [0.25, 0.3) is 0 Å². The van der Waals surface area contributed by atoms with Crippen LogP contribution in [0.1, 0.15) is 38.3 Å². The van der Waals surface area contributed by atoms with E-state index in [2.05, 4.69) is 43.8 Å². The topological polar surface area (TPSA) is 18.5 Å². The Balaban J connectivity index is 2.97. The molecule has 0 radical (unpaired) electrons. The Morgan fingerprint density at radius 2 is 1.53 bits per heavy atom. The maximum Gasteiger partial charge on any atom is 0.342 e. The van der Waals surface area contributed by atoms with Crippen LogP contribution in [0.3, 0.4) is 0 Å². The van der Waals surface area contributed by atoms with Crippen LogP contribution < -0.4 is 0 Å². The van der Waals surface area contributed by atoms with Crippen LogP contribution in [0.4, 0.5) is 0 Å². The Bertz CT molecular complexity index is 307. The molecule has 1 unspecified atom stereocenters. The number of hydrogen-bond acceptors (Lipinski definition) is 2. The van der Waals surface area contributed by atoms with Crippen molar-refractivity contribution in [1.29, 1.82) is 0 Å². The predicted octanol–water partition coefficient (Wildman–Crippen LogP) is 3.86. The predicted molar refractivity (Wildman–Crippen MR) is 74.3 cm³/mol. The Kier molecular flexibility index (Phi) is 5.89. The Labute approximate surface area is 106 Å². The molecule has 96 valence electrons. The lowest BCUT2D eigenvalue weighted by molar-refractivity contribution is 0.178. The number of rotatable bonds is 7. The van der Waals surface area contributed by atoms with Crippen molar-refractivity contribution in [3.63, 3.8) is 0 Å². The molecule has 0 aliphatic rings. The lowest BCUT2D eigenvalue weighted by Gasteiger charge is -2.33. The molecule has 2 nitrogen and oxygen atoms in total. The molecule has 0 aromatic heterocycles. The van der Waals surface area contributed by atoms with Gasteiger partial charge >= 0.3 is 8.56 Å². The molecule has 0 aliphatic heterocycles. The van der Waals surface area contributed by atoms with Gasteiger partial charge in [0, 0.05) is 18.8 Å². The summed E-state index contributed by atoms with van der Waals surface area (Å²) in [7, 11) is -2.12. The van der Waals surface area contributed by atoms with Crippen molar-refractivity contribution in [1.82, 2.24) is 0 Å². The molecule has 0 fully saturated rings. The average Bonchev–Trinajstić information content (AvgIpc) is 2.31. The fourth-order valence-electron chi connectivity index (χ4n) is 2.41. The van der Waals surface area contributed by atoms with Crippen molar-refractivity contribution < 1.29 is 8.85 Å². The maximum atomic E-state index is 5.99. The first-order chi connectivity index (χ1) is 8.18. The molecule has 1 aromatic carbocycles. The highest BCUT2D eigenvalue weighted by Gasteiger charge is 2.40. The highest BCUT2D eigenvalue weighted by Crippen LogP contribution is 2.31. The van der Waals surface area contributed by atoms with Gasteiger partial charge in [-0.1, -0.05) is 37.3 Å². The summed E-state index contributed by atoms with van der Waals surface area (Å²) in [6.45, 7) is 9.93. The highest BCUT2D eigenvalue weighted by molar-refractivity contribution is 6.67. The van der Waals surface area contributed by atoms with Crippen LogP contribution in [0.15, 0.2) is 30.3 Å². The minimum absolute atomic E-state index is 0.406. The molecule has 0 amide bonds. The SMILES string of the molecule is CCO[Si](C)(OCC)C(CC)c1ccccc1. The zero-order valence-electron chi connectivity index (χ0n) is 11.4. The molecule has 0 aliphatic carbocycles. The van der Waals surface area contributed by atoms with Gasteiger partial charge in [0.15, 0.2) is 0 Å². The monoisotopic (exact) mass is 252 g/mol. The minimum Gasteiger partial charge on any atom is -0.394 e. The molecule has 17 heavy (non-hydrogen) atoms. The summed E-state index contributed by atoms with van der Waals surface area (Å²) < 4.78 is 12.0. The third-order valence-electron chi connectivity index (χ3n) is 3.11. The molecule has 1 atom stereocenters. The number of benzene rings is 1. The van der Waals surface area contributed by atoms with Crippen LogP contribution in [-0.2, 0) is 8.85 Å². The van der Waals surface area contributed by atoms with Crippen LogP contribution >= 0.6 is 0 Å². The minimum atomic E-state index is -2.12. The van der Waals surface area contributed by atoms with Crippen LogP contribution in [0, 0.1) is 0 Å². The molecule has 0 N–H and O–H groups in total. The van der Waals surface area contributed by atoms with E-state index in [0.717, 1.165) is 19.6 Å². The summed E-state index contributed by atoms with van der Waals surface area (Å²) >= 11 is 0. The van der Waals surface area contributed by atoms with E-state index in [1.165, 1.54) is 5.56 Å². The van der Waals surface area contributed by atoms with Crippen molar-refractivity contribution in [3.05, 3.63) is 35.9 Å². The first-order valence-electron chi connectivity index (χ1n) is 6.50. The van der Waals surface area contributed by atoms with Crippen molar-refractivity contribution in [2.24, 2.45) is 0 Å². The molecule has 1 rings (SSSR count). The second-order valence-corrected chi connectivity index (χ2v) is 7.56. The fraction of sp³-hybridized carbons (Fsp3) is 0.571. The molecular weight excluding hydrogens is 228 g/mol. The maximum absolute atomic E-state index is 5.99. The zero-order chi connectivity index (χ0) is 12.7. The molecule has 0 spiro atoms. The summed E-state index contributed by atoms with van der Waals surface area (Å²) in [5, 5.41) is 0. The second kappa shape index (κ2) is 6.94. The molecule has 0 saturated carbocycles. The van der Waals surface area contributed by atoms with E-state index >= 15 is 0 Å². The van der Waals surface area contributed by atoms with E-state index in [4.69, 9.17) is 8.85 Å². The Morgan fingerprint density at radius 3 is 1.94 bits per heavy atom. The van der Waals surface area contributed by atoms with Gasteiger partial charge in [-0.15, -0.1) is 0 Å². The summed E-state index contributed by atoms with van der Waals surface area (Å²) in [4.78, 5) is 0. The van der Waals surface area contributed by atoms with Crippen molar-refractivity contribution >= 4 is 8.56 Å². The van der Waals surface area contributed by atoms with Gasteiger partial charge in [0.2, 0.25) is 0 Å². The Morgan fingerprint density at radius 1 is 1.00 bits per heavy atom. The van der Waals surface area contributed by atoms with Gasteiger partial charge in [0.1, 0.15) is 0 Å². The standard InChI is InChI=1S/C14H24O2Si/c1-5-14(13-11-9-8-10-12-13)17(4,15-6-2)16-7-3/h8-12,14H,5-7H2,1-4H3. The van der Waals surface area contributed by atoms with Gasteiger partial charge in [-0.2, -0.15) is 0 Å². The van der Waals surface area contributed by atoms with Gasteiger partial charge in [-0.05, 0) is 32.4 Å². The third-order valence-corrected chi connectivity index (χ3v) is 6.84. The molecular formula is C14H24O2Si. The molecule has 0 bridgehead atoms. The quantitative estimate of drug-likeness (QED) is 0.686. The van der Waals surface area contributed by atoms with E-state index in [1.54, 1.807) is 0 Å². The molecule has 0 saturated heterocycles. The number of hydrogen-bond donors (Lipinski definition) is 0. The van der Waals surface area contributed by atoms with Gasteiger partial charge in [-0.3, -0.25) is 0 Å². The first kappa shape index (κ1) is 14.4. The van der Waals surface area contributed by atoms with Crippen LogP contribution in [0.5, 0.6) is 0 Å². The van der Waals surface area contributed by atoms with E-state index < -0.39 is 8.56 Å². The van der Waals surface area contributed by atoms with Gasteiger partial charge in [-0.25, -0.2) is 0 Å². The van der Waals surface area contributed by atoms with Crippen molar-refractivity contribution in [2.45, 2.75) is 39.3 Å². The van der Waals surface area contributed by atoms with Gasteiger partial charge < -0.3 is 8.85 Å². The summed E-state index contributed by atoms with van der Waals surface area (Å²) in [6, 6.07) is 10.6. The molecule has 0 heterocycles.